The van der Waals surface area contributed by atoms with Crippen LogP contribution in [0.3, 0.4) is 0 Å². The summed E-state index contributed by atoms with van der Waals surface area (Å²) in [5, 5.41) is 10.3. The van der Waals surface area contributed by atoms with Crippen LogP contribution < -0.4 is 5.56 Å². The summed E-state index contributed by atoms with van der Waals surface area (Å²) in [5.41, 5.74) is 2.11. The second-order valence-corrected chi connectivity index (χ2v) is 10.8. The normalized spacial score (nSPS) is 16.8. The number of rotatable bonds is 7. The summed E-state index contributed by atoms with van der Waals surface area (Å²) < 4.78 is 7.35. The molecule has 1 aliphatic carbocycles. The molecule has 8 nitrogen and oxygen atoms in total. The third-order valence-corrected chi connectivity index (χ3v) is 8.26. The molecular weight excluding hydrogens is 456 g/mol. The van der Waals surface area contributed by atoms with Crippen molar-refractivity contribution in [2.75, 3.05) is 13.7 Å². The molecule has 1 N–H and O–H groups in total. The van der Waals surface area contributed by atoms with Gasteiger partial charge in [0.1, 0.15) is 10.7 Å². The number of aryl methyl sites for hydroxylation is 1. The molecule has 4 aromatic rings. The van der Waals surface area contributed by atoms with Gasteiger partial charge in [0.2, 0.25) is 0 Å². The Labute approximate surface area is 199 Å². The number of fused-ring (bicyclic) bond motifs is 3. The fourth-order valence-corrected chi connectivity index (χ4v) is 6.57. The van der Waals surface area contributed by atoms with Crippen LogP contribution >= 0.6 is 23.1 Å². The number of nitrogens with one attached hydrogen (secondary N) is 1. The summed E-state index contributed by atoms with van der Waals surface area (Å²) in [5.74, 6) is 2.09. The molecule has 1 aliphatic rings. The lowest BCUT2D eigenvalue weighted by molar-refractivity contribution is 0.185. The molecule has 0 saturated carbocycles. The number of methoxy groups -OCH3 is 1. The Bertz CT molecular complexity index is 1330. The van der Waals surface area contributed by atoms with Gasteiger partial charge in [-0.3, -0.25) is 14.3 Å². The Morgan fingerprint density at radius 2 is 2.15 bits per heavy atom. The van der Waals surface area contributed by atoms with Gasteiger partial charge in [-0.15, -0.1) is 21.5 Å². The minimum absolute atomic E-state index is 0.0344. The van der Waals surface area contributed by atoms with Gasteiger partial charge in [0.05, 0.1) is 23.8 Å². The molecule has 4 aromatic heterocycles. The molecule has 0 amide bonds. The Kier molecular flexibility index (Phi) is 6.31. The molecular formula is C23H26N6O2S2. The number of ether oxygens (including phenoxy) is 1. The number of pyridine rings is 1. The van der Waals surface area contributed by atoms with Gasteiger partial charge in [-0.2, -0.15) is 0 Å². The monoisotopic (exact) mass is 482 g/mol. The molecule has 33 heavy (non-hydrogen) atoms. The van der Waals surface area contributed by atoms with Crippen molar-refractivity contribution < 1.29 is 4.74 Å². The lowest BCUT2D eigenvalue weighted by atomic mass is 9.89. The summed E-state index contributed by atoms with van der Waals surface area (Å²) in [6, 6.07) is 3.83. The van der Waals surface area contributed by atoms with Gasteiger partial charge >= 0.3 is 0 Å². The van der Waals surface area contributed by atoms with Crippen molar-refractivity contribution >= 4 is 33.3 Å². The van der Waals surface area contributed by atoms with Gasteiger partial charge < -0.3 is 9.72 Å². The molecule has 172 valence electrons. The van der Waals surface area contributed by atoms with E-state index < -0.39 is 0 Å². The van der Waals surface area contributed by atoms with E-state index in [-0.39, 0.29) is 10.8 Å². The number of aromatic nitrogens is 6. The second kappa shape index (κ2) is 9.36. The van der Waals surface area contributed by atoms with Gasteiger partial charge in [-0.1, -0.05) is 18.7 Å². The maximum atomic E-state index is 13.0. The zero-order valence-electron chi connectivity index (χ0n) is 18.9. The second-order valence-electron chi connectivity index (χ2n) is 8.43. The smallest absolute Gasteiger partial charge is 0.259 e. The predicted octanol–water partition coefficient (Wildman–Crippen LogP) is 4.26. The highest BCUT2D eigenvalue weighted by Gasteiger charge is 2.25. The summed E-state index contributed by atoms with van der Waals surface area (Å²) in [4.78, 5) is 27.2. The third kappa shape index (κ3) is 4.34. The van der Waals surface area contributed by atoms with Crippen molar-refractivity contribution in [1.82, 2.24) is 29.7 Å². The van der Waals surface area contributed by atoms with E-state index in [1.165, 1.54) is 22.2 Å². The van der Waals surface area contributed by atoms with Crippen molar-refractivity contribution in [2.45, 2.75) is 50.1 Å². The number of nitrogens with zero attached hydrogens (tertiary/aromatic N) is 5. The van der Waals surface area contributed by atoms with Crippen molar-refractivity contribution in [3.63, 3.8) is 0 Å². The first-order valence-electron chi connectivity index (χ1n) is 11.1. The van der Waals surface area contributed by atoms with Gasteiger partial charge in [0.25, 0.3) is 5.56 Å². The first kappa shape index (κ1) is 22.2. The maximum absolute atomic E-state index is 13.0. The van der Waals surface area contributed by atoms with Crippen LogP contribution in [0, 0.1) is 5.92 Å². The highest BCUT2D eigenvalue weighted by atomic mass is 32.2. The van der Waals surface area contributed by atoms with Gasteiger partial charge in [-0.05, 0) is 49.8 Å². The summed E-state index contributed by atoms with van der Waals surface area (Å²) in [6.45, 7) is 5.47. The largest absolute Gasteiger partial charge is 0.383 e. The first-order chi connectivity index (χ1) is 16.0. The van der Waals surface area contributed by atoms with Crippen molar-refractivity contribution in [3.05, 3.63) is 51.1 Å². The number of aromatic amines is 1. The topological polar surface area (TPSA) is 98.6 Å². The van der Waals surface area contributed by atoms with E-state index in [0.717, 1.165) is 46.0 Å². The van der Waals surface area contributed by atoms with Crippen LogP contribution in [0.15, 0.2) is 34.5 Å². The van der Waals surface area contributed by atoms with Crippen molar-refractivity contribution in [2.24, 2.45) is 5.92 Å². The molecule has 0 fully saturated rings. The average molecular weight is 483 g/mol. The highest BCUT2D eigenvalue weighted by Crippen LogP contribution is 2.38. The zero-order valence-corrected chi connectivity index (χ0v) is 20.5. The highest BCUT2D eigenvalue weighted by molar-refractivity contribution is 7.99. The van der Waals surface area contributed by atoms with Crippen LogP contribution in [0.4, 0.5) is 0 Å². The number of thiophene rings is 1. The summed E-state index contributed by atoms with van der Waals surface area (Å²) >= 11 is 3.21. The summed E-state index contributed by atoms with van der Waals surface area (Å²) in [6.07, 6.45) is 6.61. The molecule has 2 unspecified atom stereocenters. The molecule has 2 atom stereocenters. The summed E-state index contributed by atoms with van der Waals surface area (Å²) in [7, 11) is 1.68. The Hall–Kier alpha value is -2.56. The fraction of sp³-hybridized carbons (Fsp3) is 0.435. The average Bonchev–Trinajstić information content (AvgIpc) is 3.38. The lowest BCUT2D eigenvalue weighted by Gasteiger charge is -2.17. The molecule has 0 bridgehead atoms. The predicted molar refractivity (Wildman–Crippen MR) is 131 cm³/mol. The molecule has 0 aliphatic heterocycles. The molecule has 0 aromatic carbocycles. The lowest BCUT2D eigenvalue weighted by Crippen LogP contribution is -2.15. The van der Waals surface area contributed by atoms with E-state index in [9.17, 15) is 4.79 Å². The van der Waals surface area contributed by atoms with Crippen LogP contribution in [0.5, 0.6) is 0 Å². The van der Waals surface area contributed by atoms with E-state index in [4.69, 9.17) is 9.72 Å². The minimum atomic E-state index is -0.101. The SMILES string of the molecule is COCCn1c(SC(C)c2nc3sc4c(c3c(=O)[nH]2)CCC(C)C4)nnc1-c1ccncc1. The van der Waals surface area contributed by atoms with Crippen molar-refractivity contribution in [3.8, 4) is 11.4 Å². The standard InChI is InChI=1S/C23H26N6O2S2/c1-13-4-5-16-17(12-13)33-22-18(16)21(30)25-19(26-22)14(2)32-23-28-27-20(29(23)10-11-31-3)15-6-8-24-9-7-15/h6-9,13-14H,4-5,10-12H2,1-3H3,(H,25,26,30). The van der Waals surface area contributed by atoms with E-state index in [0.29, 0.717) is 24.9 Å². The molecule has 5 rings (SSSR count). The van der Waals surface area contributed by atoms with Gasteiger partial charge in [0, 0.05) is 29.9 Å². The van der Waals surface area contributed by atoms with E-state index in [2.05, 4.69) is 27.1 Å². The molecule has 0 radical (unpaired) electrons. The van der Waals surface area contributed by atoms with Crippen LogP contribution in [0.25, 0.3) is 21.6 Å². The number of H-pyrrole nitrogens is 1. The quantitative estimate of drug-likeness (QED) is 0.393. The third-order valence-electron chi connectivity index (χ3n) is 6.03. The molecule has 0 saturated heterocycles. The van der Waals surface area contributed by atoms with E-state index in [1.54, 1.807) is 30.8 Å². The van der Waals surface area contributed by atoms with Gasteiger partial charge in [0.15, 0.2) is 11.0 Å². The molecule has 0 spiro atoms. The first-order valence-corrected chi connectivity index (χ1v) is 12.8. The van der Waals surface area contributed by atoms with Crippen LogP contribution in [0.1, 0.15) is 41.8 Å². The number of thioether (sulfide) groups is 1. The van der Waals surface area contributed by atoms with E-state index >= 15 is 0 Å². The van der Waals surface area contributed by atoms with Crippen LogP contribution in [0.2, 0.25) is 0 Å². The number of hydrogen-bond acceptors (Lipinski definition) is 8. The fourth-order valence-electron chi connectivity index (χ4n) is 4.25. The van der Waals surface area contributed by atoms with Gasteiger partial charge in [-0.25, -0.2) is 4.98 Å². The maximum Gasteiger partial charge on any atom is 0.259 e. The Morgan fingerprint density at radius 3 is 2.94 bits per heavy atom. The Balaban J connectivity index is 1.46. The molecule has 4 heterocycles. The zero-order chi connectivity index (χ0) is 22.9. The van der Waals surface area contributed by atoms with Crippen molar-refractivity contribution in [1.29, 1.82) is 0 Å². The Morgan fingerprint density at radius 1 is 1.33 bits per heavy atom. The molecule has 10 heteroatoms. The van der Waals surface area contributed by atoms with Crippen LogP contribution in [-0.2, 0) is 24.1 Å². The minimum Gasteiger partial charge on any atom is -0.383 e. The van der Waals surface area contributed by atoms with E-state index in [1.807, 2.05) is 23.6 Å². The van der Waals surface area contributed by atoms with Crippen LogP contribution in [-0.4, -0.2) is 43.4 Å². The number of hydrogen-bond donors (Lipinski definition) is 1.